The molecule has 4 atom stereocenters. The van der Waals surface area contributed by atoms with Crippen molar-refractivity contribution >= 4 is 40.1 Å². The van der Waals surface area contributed by atoms with Gasteiger partial charge in [-0.3, -0.25) is 14.4 Å². The van der Waals surface area contributed by atoms with Crippen LogP contribution in [0.25, 0.3) is 0 Å². The molecule has 0 unspecified atom stereocenters. The number of carbonyl (C=O) groups excluding carboxylic acids is 2. The van der Waals surface area contributed by atoms with Crippen LogP contribution in [0.15, 0.2) is 35.0 Å². The van der Waals surface area contributed by atoms with Gasteiger partial charge < -0.3 is 15.3 Å². The van der Waals surface area contributed by atoms with Gasteiger partial charge in [-0.2, -0.15) is 0 Å². The Kier molecular flexibility index (Phi) is 20.2. The molecule has 0 saturated heterocycles. The minimum Gasteiger partial charge on any atom is -0.481 e. The molecule has 0 aromatic heterocycles. The SMILES string of the molecule is C=CI.CCCCC[C@H](O)/C=C/[C@H]1[C@H](O)CC(=O)[C@@H]1CCCCCCC(=O)O.O=C1C=CCC1. The van der Waals surface area contributed by atoms with E-state index in [-0.39, 0.29) is 36.2 Å². The molecule has 1 saturated carbocycles. The van der Waals surface area contributed by atoms with Crippen molar-refractivity contribution in [3.8, 4) is 0 Å². The molecule has 2 aliphatic rings. The van der Waals surface area contributed by atoms with Crippen LogP contribution in [-0.2, 0) is 14.4 Å². The van der Waals surface area contributed by atoms with Crippen LogP contribution < -0.4 is 0 Å². The molecule has 0 heterocycles. The summed E-state index contributed by atoms with van der Waals surface area (Å²) in [5.41, 5.74) is 0. The Morgan fingerprint density at radius 3 is 2.41 bits per heavy atom. The van der Waals surface area contributed by atoms with E-state index in [4.69, 9.17) is 5.11 Å². The van der Waals surface area contributed by atoms with E-state index >= 15 is 0 Å². The Bertz CT molecular complexity index is 658. The van der Waals surface area contributed by atoms with Crippen LogP contribution in [0.5, 0.6) is 0 Å². The standard InChI is InChI=1S/C20H34O5.C5H6O.C2H3I/c1-2-3-6-9-15(21)12-13-17-16(18(22)14-19(17)23)10-7-4-5-8-11-20(24)25;6-5-3-1-2-4-5;1-2-3/h12-13,15-17,19,21,23H,2-11,14H2,1H3,(H,24,25);1,3H,2,4H2;2H,1H2/b13-12+;;/t15-,16+,17+,19+;;/m0../s1. The average Bonchev–Trinajstić information content (AvgIpc) is 3.36. The van der Waals surface area contributed by atoms with Crippen LogP contribution in [0.4, 0.5) is 0 Å². The summed E-state index contributed by atoms with van der Waals surface area (Å²) in [6.45, 7) is 5.47. The summed E-state index contributed by atoms with van der Waals surface area (Å²) in [7, 11) is 0. The maximum absolute atomic E-state index is 12.1. The van der Waals surface area contributed by atoms with Gasteiger partial charge in [0.1, 0.15) is 5.78 Å². The van der Waals surface area contributed by atoms with E-state index in [0.717, 1.165) is 64.2 Å². The van der Waals surface area contributed by atoms with E-state index < -0.39 is 18.2 Å². The number of aliphatic hydroxyl groups excluding tert-OH is 2. The zero-order chi connectivity index (χ0) is 25.8. The summed E-state index contributed by atoms with van der Waals surface area (Å²) in [4.78, 5) is 32.8. The molecule has 2 rings (SSSR count). The summed E-state index contributed by atoms with van der Waals surface area (Å²) in [5, 5.41) is 28.7. The first-order valence-electron chi connectivity index (χ1n) is 12.5. The molecule has 0 spiro atoms. The number of allylic oxidation sites excluding steroid dienone is 2. The predicted molar refractivity (Wildman–Crippen MR) is 145 cm³/mol. The first-order chi connectivity index (χ1) is 16.3. The van der Waals surface area contributed by atoms with Crippen molar-refractivity contribution in [3.63, 3.8) is 0 Å². The molecule has 2 aliphatic carbocycles. The van der Waals surface area contributed by atoms with Crippen molar-refractivity contribution in [2.45, 2.75) is 103 Å². The van der Waals surface area contributed by atoms with Gasteiger partial charge in [-0.1, -0.05) is 92.8 Å². The summed E-state index contributed by atoms with van der Waals surface area (Å²) in [5.74, 6) is -0.763. The van der Waals surface area contributed by atoms with Gasteiger partial charge in [0.15, 0.2) is 5.78 Å². The van der Waals surface area contributed by atoms with Crippen molar-refractivity contribution in [3.05, 3.63) is 35.0 Å². The lowest BCUT2D eigenvalue weighted by molar-refractivity contribution is -0.137. The fourth-order valence-electron chi connectivity index (χ4n) is 4.07. The number of ketones is 2. The van der Waals surface area contributed by atoms with E-state index in [9.17, 15) is 24.6 Å². The van der Waals surface area contributed by atoms with E-state index in [2.05, 4.69) is 36.1 Å². The number of aliphatic hydroxyl groups is 2. The number of hydrogen-bond acceptors (Lipinski definition) is 5. The molecule has 34 heavy (non-hydrogen) atoms. The Morgan fingerprint density at radius 2 is 1.88 bits per heavy atom. The first kappa shape index (κ1) is 32.7. The summed E-state index contributed by atoms with van der Waals surface area (Å²) < 4.78 is 1.72. The van der Waals surface area contributed by atoms with Gasteiger partial charge in [0, 0.05) is 31.1 Å². The smallest absolute Gasteiger partial charge is 0.303 e. The van der Waals surface area contributed by atoms with E-state index in [1.807, 2.05) is 12.2 Å². The van der Waals surface area contributed by atoms with Crippen LogP contribution in [0.1, 0.15) is 90.4 Å². The summed E-state index contributed by atoms with van der Waals surface area (Å²) in [6, 6.07) is 0. The number of hydrogen-bond donors (Lipinski definition) is 3. The molecular weight excluding hydrogens is 547 g/mol. The summed E-state index contributed by atoms with van der Waals surface area (Å²) in [6.07, 6.45) is 16.0. The molecule has 0 radical (unpaired) electrons. The predicted octanol–water partition coefficient (Wildman–Crippen LogP) is 5.95. The lowest BCUT2D eigenvalue weighted by Gasteiger charge is -2.18. The topological polar surface area (TPSA) is 112 Å². The van der Waals surface area contributed by atoms with Gasteiger partial charge in [-0.15, -0.1) is 0 Å². The highest BCUT2D eigenvalue weighted by atomic mass is 127. The zero-order valence-electron chi connectivity index (χ0n) is 20.5. The highest BCUT2D eigenvalue weighted by Crippen LogP contribution is 2.34. The molecule has 194 valence electrons. The highest BCUT2D eigenvalue weighted by molar-refractivity contribution is 14.1. The molecule has 7 heteroatoms. The number of carboxylic acid groups (broad SMARTS) is 1. The third-order valence-electron chi connectivity index (χ3n) is 5.91. The number of unbranched alkanes of at least 4 members (excludes halogenated alkanes) is 5. The van der Waals surface area contributed by atoms with Crippen LogP contribution in [-0.4, -0.2) is 45.1 Å². The van der Waals surface area contributed by atoms with E-state index in [0.29, 0.717) is 6.42 Å². The van der Waals surface area contributed by atoms with Crippen molar-refractivity contribution in [1.29, 1.82) is 0 Å². The number of carboxylic acids is 1. The molecular formula is C27H43IO6. The molecule has 0 bridgehead atoms. The zero-order valence-corrected chi connectivity index (χ0v) is 22.7. The van der Waals surface area contributed by atoms with E-state index in [1.54, 1.807) is 16.2 Å². The first-order valence-corrected chi connectivity index (χ1v) is 13.7. The van der Waals surface area contributed by atoms with Crippen molar-refractivity contribution in [2.75, 3.05) is 0 Å². The quantitative estimate of drug-likeness (QED) is 0.139. The van der Waals surface area contributed by atoms with Gasteiger partial charge in [0.2, 0.25) is 0 Å². The molecule has 0 aromatic rings. The second-order valence-electron chi connectivity index (χ2n) is 8.78. The lowest BCUT2D eigenvalue weighted by atomic mass is 9.88. The minimum atomic E-state index is -0.767. The van der Waals surface area contributed by atoms with Gasteiger partial charge in [-0.25, -0.2) is 0 Å². The normalized spacial score (nSPS) is 22.2. The monoisotopic (exact) mass is 590 g/mol. The molecule has 1 fully saturated rings. The molecule has 3 N–H and O–H groups in total. The maximum Gasteiger partial charge on any atom is 0.303 e. The Labute approximate surface area is 218 Å². The van der Waals surface area contributed by atoms with Crippen LogP contribution in [0, 0.1) is 11.8 Å². The van der Waals surface area contributed by atoms with E-state index in [1.165, 1.54) is 0 Å². The Morgan fingerprint density at radius 1 is 1.21 bits per heavy atom. The van der Waals surface area contributed by atoms with Gasteiger partial charge in [0.05, 0.1) is 12.2 Å². The Balaban J connectivity index is 0.00000101. The Hall–Kier alpha value is -1.32. The largest absolute Gasteiger partial charge is 0.481 e. The fourth-order valence-corrected chi connectivity index (χ4v) is 4.07. The number of carbonyl (C=O) groups is 3. The second kappa shape index (κ2) is 21.0. The van der Waals surface area contributed by atoms with Gasteiger partial charge in [-0.05, 0) is 35.8 Å². The number of rotatable bonds is 13. The van der Waals surface area contributed by atoms with Crippen LogP contribution >= 0.6 is 22.6 Å². The van der Waals surface area contributed by atoms with Crippen molar-refractivity contribution in [2.24, 2.45) is 11.8 Å². The third kappa shape index (κ3) is 16.3. The van der Waals surface area contributed by atoms with Crippen molar-refractivity contribution < 1.29 is 29.7 Å². The minimum absolute atomic E-state index is 0.105. The maximum atomic E-state index is 12.1. The number of Topliss-reactive ketones (excluding diaryl/α,β-unsaturated/α-hetero) is 1. The second-order valence-corrected chi connectivity index (χ2v) is 9.66. The molecule has 0 amide bonds. The number of aliphatic carboxylic acids is 1. The lowest BCUT2D eigenvalue weighted by Crippen LogP contribution is -2.19. The number of halogens is 1. The highest BCUT2D eigenvalue weighted by Gasteiger charge is 2.39. The van der Waals surface area contributed by atoms with Crippen LogP contribution in [0.3, 0.4) is 0 Å². The molecule has 0 aromatic carbocycles. The summed E-state index contributed by atoms with van der Waals surface area (Å²) >= 11 is 2.05. The molecule has 6 nitrogen and oxygen atoms in total. The average molecular weight is 591 g/mol. The van der Waals surface area contributed by atoms with Crippen LogP contribution in [0.2, 0.25) is 0 Å². The third-order valence-corrected chi connectivity index (χ3v) is 5.91. The van der Waals surface area contributed by atoms with Crippen molar-refractivity contribution in [1.82, 2.24) is 0 Å². The molecule has 0 aliphatic heterocycles. The van der Waals surface area contributed by atoms with Gasteiger partial charge in [0.25, 0.3) is 0 Å². The van der Waals surface area contributed by atoms with Gasteiger partial charge >= 0.3 is 5.97 Å². The fraction of sp³-hybridized carbons (Fsp3) is 0.667.